The molecule has 4 heteroatoms. The highest BCUT2D eigenvalue weighted by Crippen LogP contribution is 2.47. The standard InChI is InChI=1S/C58H38N2O2/c1-2-16-42-37(14-1)30-34-48-49-36-39(31-35-56(49)62-58(42)48)41-15-3-7-22-50(41)59(40-32-28-38(29-33-40)43-20-13-21-47-46-19-6-12-27-55(46)61-57(43)47)53-25-10-11-26-54(53)60-51-23-8-4-17-44(51)45-18-5-9-24-52(45)60/h1-4,6-17,19-36H,5,18H2. The van der Waals surface area contributed by atoms with E-state index in [0.29, 0.717) is 0 Å². The average molecular weight is 795 g/mol. The molecule has 0 bridgehead atoms. The SMILES string of the molecule is C1=Cc2c(c3ccccc3n2-c2ccccc2N(c2ccc(-c3cccc4c3oc3ccccc34)cc2)c2ccccc2-c2ccc3oc4c5ccccc5ccc4c3c2)CC1. The Hall–Kier alpha value is -8.08. The predicted octanol–water partition coefficient (Wildman–Crippen LogP) is 16.3. The van der Waals surface area contributed by atoms with Gasteiger partial charge in [-0.2, -0.15) is 0 Å². The molecule has 3 aromatic heterocycles. The number of benzene rings is 9. The minimum atomic E-state index is 0.882. The predicted molar refractivity (Wildman–Crippen MR) is 258 cm³/mol. The number of para-hydroxylation sites is 6. The lowest BCUT2D eigenvalue weighted by atomic mass is 9.98. The van der Waals surface area contributed by atoms with E-state index >= 15 is 0 Å². The molecule has 0 amide bonds. The van der Waals surface area contributed by atoms with Gasteiger partial charge in [0.25, 0.3) is 0 Å². The first-order valence-corrected chi connectivity index (χ1v) is 21.4. The molecular weight excluding hydrogens is 757 g/mol. The van der Waals surface area contributed by atoms with Crippen LogP contribution in [0.2, 0.25) is 0 Å². The lowest BCUT2D eigenvalue weighted by molar-refractivity contribution is 0.670. The van der Waals surface area contributed by atoms with Crippen LogP contribution in [-0.2, 0) is 6.42 Å². The third-order valence-electron chi connectivity index (χ3n) is 12.9. The Morgan fingerprint density at radius 2 is 1.13 bits per heavy atom. The Labute approximate surface area is 357 Å². The zero-order chi connectivity index (χ0) is 40.7. The molecule has 62 heavy (non-hydrogen) atoms. The summed E-state index contributed by atoms with van der Waals surface area (Å²) in [5, 5.41) is 8.08. The molecule has 4 nitrogen and oxygen atoms in total. The average Bonchev–Trinajstić information content (AvgIpc) is 4.02. The van der Waals surface area contributed by atoms with Gasteiger partial charge in [-0.25, -0.2) is 0 Å². The fourth-order valence-electron chi connectivity index (χ4n) is 10.0. The van der Waals surface area contributed by atoms with Gasteiger partial charge in [-0.15, -0.1) is 0 Å². The zero-order valence-electron chi connectivity index (χ0n) is 33.8. The molecule has 9 aromatic carbocycles. The van der Waals surface area contributed by atoms with E-state index < -0.39 is 0 Å². The highest BCUT2D eigenvalue weighted by atomic mass is 16.3. The molecule has 0 aliphatic heterocycles. The summed E-state index contributed by atoms with van der Waals surface area (Å²) in [5.74, 6) is 0. The van der Waals surface area contributed by atoms with Gasteiger partial charge in [0.05, 0.1) is 22.6 Å². The number of anilines is 3. The molecule has 0 spiro atoms. The Bertz CT molecular complexity index is 3770. The highest BCUT2D eigenvalue weighted by molar-refractivity contribution is 6.16. The van der Waals surface area contributed by atoms with Crippen molar-refractivity contribution < 1.29 is 8.83 Å². The van der Waals surface area contributed by atoms with E-state index in [9.17, 15) is 0 Å². The van der Waals surface area contributed by atoms with Gasteiger partial charge in [0.2, 0.25) is 0 Å². The van der Waals surface area contributed by atoms with Crippen molar-refractivity contribution in [2.24, 2.45) is 0 Å². The van der Waals surface area contributed by atoms with E-state index in [-0.39, 0.29) is 0 Å². The second-order valence-electron chi connectivity index (χ2n) is 16.3. The normalized spacial score (nSPS) is 12.6. The summed E-state index contributed by atoms with van der Waals surface area (Å²) in [6.45, 7) is 0. The number of aromatic nitrogens is 1. The molecule has 0 atom stereocenters. The Balaban J connectivity index is 1.03. The van der Waals surface area contributed by atoms with Crippen molar-refractivity contribution in [2.45, 2.75) is 12.8 Å². The zero-order valence-corrected chi connectivity index (χ0v) is 33.8. The summed E-state index contributed by atoms with van der Waals surface area (Å²) in [6, 6.07) is 69.7. The molecule has 1 aliphatic rings. The number of furan rings is 2. The molecular formula is C58H38N2O2. The van der Waals surface area contributed by atoms with Crippen LogP contribution in [0.5, 0.6) is 0 Å². The van der Waals surface area contributed by atoms with E-state index in [0.717, 1.165) is 107 Å². The van der Waals surface area contributed by atoms with E-state index in [1.54, 1.807) is 0 Å². The van der Waals surface area contributed by atoms with Crippen LogP contribution in [0.3, 0.4) is 0 Å². The van der Waals surface area contributed by atoms with E-state index in [2.05, 4.69) is 204 Å². The van der Waals surface area contributed by atoms with Crippen molar-refractivity contribution in [1.82, 2.24) is 4.57 Å². The molecule has 0 N–H and O–H groups in total. The third kappa shape index (κ3) is 5.26. The molecule has 0 fully saturated rings. The maximum absolute atomic E-state index is 6.58. The maximum atomic E-state index is 6.58. The molecule has 12 aromatic rings. The number of nitrogens with zero attached hydrogens (tertiary/aromatic N) is 2. The van der Waals surface area contributed by atoms with Gasteiger partial charge >= 0.3 is 0 Å². The molecule has 13 rings (SSSR count). The lowest BCUT2D eigenvalue weighted by Crippen LogP contribution is -2.14. The van der Waals surface area contributed by atoms with Gasteiger partial charge in [-0.05, 0) is 102 Å². The number of aryl methyl sites for hydroxylation is 1. The molecule has 0 radical (unpaired) electrons. The van der Waals surface area contributed by atoms with Crippen LogP contribution in [0, 0.1) is 0 Å². The maximum Gasteiger partial charge on any atom is 0.143 e. The Morgan fingerprint density at radius 1 is 0.452 bits per heavy atom. The largest absolute Gasteiger partial charge is 0.455 e. The molecule has 1 aliphatic carbocycles. The van der Waals surface area contributed by atoms with Gasteiger partial charge in [0.15, 0.2) is 0 Å². The minimum absolute atomic E-state index is 0.882. The molecule has 292 valence electrons. The van der Waals surface area contributed by atoms with Crippen molar-refractivity contribution in [3.05, 3.63) is 211 Å². The van der Waals surface area contributed by atoms with Crippen LogP contribution in [0.15, 0.2) is 209 Å². The lowest BCUT2D eigenvalue weighted by Gasteiger charge is -2.30. The van der Waals surface area contributed by atoms with Gasteiger partial charge < -0.3 is 18.3 Å². The molecule has 0 unspecified atom stereocenters. The summed E-state index contributed by atoms with van der Waals surface area (Å²) < 4.78 is 15.5. The van der Waals surface area contributed by atoms with Crippen molar-refractivity contribution >= 4 is 88.7 Å². The topological polar surface area (TPSA) is 34.5 Å². The van der Waals surface area contributed by atoms with Crippen LogP contribution < -0.4 is 4.90 Å². The molecule has 3 heterocycles. The van der Waals surface area contributed by atoms with Crippen molar-refractivity contribution in [2.75, 3.05) is 4.90 Å². The monoisotopic (exact) mass is 794 g/mol. The van der Waals surface area contributed by atoms with E-state index in [1.807, 2.05) is 12.1 Å². The van der Waals surface area contributed by atoms with Crippen molar-refractivity contribution in [3.8, 4) is 27.9 Å². The fraction of sp³-hybridized carbons (Fsp3) is 0.0345. The first kappa shape index (κ1) is 34.8. The Kier molecular flexibility index (Phi) is 7.70. The van der Waals surface area contributed by atoms with Crippen molar-refractivity contribution in [3.63, 3.8) is 0 Å². The van der Waals surface area contributed by atoms with Crippen molar-refractivity contribution in [1.29, 1.82) is 0 Å². The fourth-order valence-corrected chi connectivity index (χ4v) is 10.0. The number of hydrogen-bond acceptors (Lipinski definition) is 3. The number of fused-ring (bicyclic) bond motifs is 11. The third-order valence-corrected chi connectivity index (χ3v) is 12.9. The quantitative estimate of drug-likeness (QED) is 0.168. The first-order chi connectivity index (χ1) is 30.8. The summed E-state index contributed by atoms with van der Waals surface area (Å²) in [6.07, 6.45) is 6.69. The van der Waals surface area contributed by atoms with Gasteiger partial charge in [0.1, 0.15) is 22.3 Å². The van der Waals surface area contributed by atoms with E-state index in [4.69, 9.17) is 8.83 Å². The smallest absolute Gasteiger partial charge is 0.143 e. The van der Waals surface area contributed by atoms with Crippen LogP contribution in [0.4, 0.5) is 17.1 Å². The van der Waals surface area contributed by atoms with Gasteiger partial charge in [-0.1, -0.05) is 140 Å². The number of rotatable bonds is 6. The van der Waals surface area contributed by atoms with Gasteiger partial charge in [-0.3, -0.25) is 0 Å². The second-order valence-corrected chi connectivity index (χ2v) is 16.3. The number of allylic oxidation sites excluding steroid dienone is 1. The van der Waals surface area contributed by atoms with Crippen LogP contribution in [0.1, 0.15) is 17.7 Å². The van der Waals surface area contributed by atoms with Crippen LogP contribution in [-0.4, -0.2) is 4.57 Å². The molecule has 0 saturated carbocycles. The summed E-state index contributed by atoms with van der Waals surface area (Å²) in [7, 11) is 0. The van der Waals surface area contributed by atoms with E-state index in [1.165, 1.54) is 27.5 Å². The van der Waals surface area contributed by atoms with Gasteiger partial charge in [0, 0.05) is 54.8 Å². The summed E-state index contributed by atoms with van der Waals surface area (Å²) in [5.41, 5.74) is 16.2. The first-order valence-electron chi connectivity index (χ1n) is 21.4. The highest BCUT2D eigenvalue weighted by Gasteiger charge is 2.25. The number of hydrogen-bond donors (Lipinski definition) is 0. The van der Waals surface area contributed by atoms with Crippen LogP contribution >= 0.6 is 0 Å². The van der Waals surface area contributed by atoms with Crippen LogP contribution in [0.25, 0.3) is 99.6 Å². The Morgan fingerprint density at radius 3 is 2.05 bits per heavy atom. The summed E-state index contributed by atoms with van der Waals surface area (Å²) >= 11 is 0. The summed E-state index contributed by atoms with van der Waals surface area (Å²) in [4.78, 5) is 2.44. The minimum Gasteiger partial charge on any atom is -0.455 e. The second kappa shape index (κ2) is 13.7. The molecule has 0 saturated heterocycles.